The van der Waals surface area contributed by atoms with Gasteiger partial charge in [0.2, 0.25) is 5.91 Å². The zero-order valence-corrected chi connectivity index (χ0v) is 13.5. The molecular weight excluding hydrogens is 296 g/mol. The molecule has 2 aliphatic rings. The van der Waals surface area contributed by atoms with Gasteiger partial charge in [-0.2, -0.15) is 5.10 Å². The Balaban J connectivity index is 1.47. The molecule has 6 heteroatoms. The molecule has 0 aromatic carbocycles. The van der Waals surface area contributed by atoms with Crippen molar-refractivity contribution in [3.8, 4) is 0 Å². The van der Waals surface area contributed by atoms with Crippen molar-refractivity contribution in [1.29, 1.82) is 0 Å². The van der Waals surface area contributed by atoms with Gasteiger partial charge in [0.05, 0.1) is 17.8 Å². The number of carbonyl (C=O) groups excluding carboxylic acids is 1. The summed E-state index contributed by atoms with van der Waals surface area (Å²) in [6.45, 7) is 3.73. The number of hydrogen-bond donors (Lipinski definition) is 0. The van der Waals surface area contributed by atoms with E-state index in [0.29, 0.717) is 5.92 Å². The molecule has 0 radical (unpaired) electrons. The molecule has 2 aliphatic heterocycles. The maximum absolute atomic E-state index is 12.8. The maximum atomic E-state index is 12.8. The van der Waals surface area contributed by atoms with Crippen LogP contribution in [0.2, 0.25) is 0 Å². The lowest BCUT2D eigenvalue weighted by Crippen LogP contribution is -2.45. The minimum absolute atomic E-state index is 0.147. The van der Waals surface area contributed by atoms with Crippen LogP contribution in [0.5, 0.6) is 0 Å². The van der Waals surface area contributed by atoms with Crippen molar-refractivity contribution in [3.05, 3.63) is 34.8 Å². The normalized spacial score (nSPS) is 25.7. The number of aryl methyl sites for hydroxylation is 1. The van der Waals surface area contributed by atoms with Crippen LogP contribution < -0.4 is 4.90 Å². The van der Waals surface area contributed by atoms with Crippen LogP contribution in [0.1, 0.15) is 11.3 Å². The second-order valence-corrected chi connectivity index (χ2v) is 7.32. The van der Waals surface area contributed by atoms with Crippen LogP contribution in [0.3, 0.4) is 0 Å². The van der Waals surface area contributed by atoms with E-state index in [0.717, 1.165) is 38.3 Å². The lowest BCUT2D eigenvalue weighted by atomic mass is 9.88. The van der Waals surface area contributed by atoms with Crippen LogP contribution >= 0.6 is 11.3 Å². The molecule has 2 aromatic rings. The average Bonchev–Trinajstić information content (AvgIpc) is 3.21. The SMILES string of the molecule is Cn1cc(N2CC[C@H]3CN(Cc4cccs4)C[C@@H]3C2=O)cn1. The summed E-state index contributed by atoms with van der Waals surface area (Å²) in [5.74, 6) is 0.937. The molecule has 2 saturated heterocycles. The second-order valence-electron chi connectivity index (χ2n) is 6.29. The highest BCUT2D eigenvalue weighted by molar-refractivity contribution is 7.09. The zero-order valence-electron chi connectivity index (χ0n) is 12.7. The van der Waals surface area contributed by atoms with E-state index in [1.807, 2.05) is 18.1 Å². The first kappa shape index (κ1) is 14.0. The summed E-state index contributed by atoms with van der Waals surface area (Å²) in [6, 6.07) is 4.27. The number of thiophene rings is 1. The van der Waals surface area contributed by atoms with E-state index in [9.17, 15) is 4.79 Å². The number of aromatic nitrogens is 2. The summed E-state index contributed by atoms with van der Waals surface area (Å²) in [4.78, 5) is 18.6. The van der Waals surface area contributed by atoms with Gasteiger partial charge in [0.15, 0.2) is 0 Å². The van der Waals surface area contributed by atoms with E-state index in [2.05, 4.69) is 27.5 Å². The van der Waals surface area contributed by atoms with Crippen LogP contribution in [-0.2, 0) is 18.4 Å². The van der Waals surface area contributed by atoms with E-state index < -0.39 is 0 Å². The quantitative estimate of drug-likeness (QED) is 0.869. The maximum Gasteiger partial charge on any atom is 0.231 e. The Hall–Kier alpha value is -1.66. The summed E-state index contributed by atoms with van der Waals surface area (Å²) < 4.78 is 1.76. The molecule has 0 aliphatic carbocycles. The smallest absolute Gasteiger partial charge is 0.231 e. The summed E-state index contributed by atoms with van der Waals surface area (Å²) in [5.41, 5.74) is 0.933. The van der Waals surface area contributed by atoms with E-state index in [1.165, 1.54) is 4.88 Å². The fourth-order valence-electron chi connectivity index (χ4n) is 3.69. The van der Waals surface area contributed by atoms with Crippen LogP contribution in [0.4, 0.5) is 5.69 Å². The minimum atomic E-state index is 0.147. The lowest BCUT2D eigenvalue weighted by molar-refractivity contribution is -0.124. The third-order valence-corrected chi connectivity index (χ3v) is 5.65. The average molecular weight is 316 g/mol. The van der Waals surface area contributed by atoms with Gasteiger partial charge >= 0.3 is 0 Å². The lowest BCUT2D eigenvalue weighted by Gasteiger charge is -2.32. The molecule has 4 rings (SSSR count). The molecule has 2 aromatic heterocycles. The number of amides is 1. The molecule has 1 amide bonds. The second kappa shape index (κ2) is 5.52. The molecular formula is C16H20N4OS. The first-order chi connectivity index (χ1) is 10.7. The van der Waals surface area contributed by atoms with Gasteiger partial charge in [0, 0.05) is 44.3 Å². The monoisotopic (exact) mass is 316 g/mol. The third kappa shape index (κ3) is 2.46. The molecule has 0 N–H and O–H groups in total. The molecule has 4 heterocycles. The van der Waals surface area contributed by atoms with E-state index in [4.69, 9.17) is 0 Å². The van der Waals surface area contributed by atoms with Crippen LogP contribution in [-0.4, -0.2) is 40.2 Å². The predicted molar refractivity (Wildman–Crippen MR) is 86.8 cm³/mol. The van der Waals surface area contributed by atoms with Crippen molar-refractivity contribution in [2.45, 2.75) is 13.0 Å². The van der Waals surface area contributed by atoms with Gasteiger partial charge in [-0.3, -0.25) is 14.4 Å². The Morgan fingerprint density at radius 3 is 3.05 bits per heavy atom. The largest absolute Gasteiger partial charge is 0.309 e. The molecule has 0 spiro atoms. The van der Waals surface area contributed by atoms with Gasteiger partial charge in [-0.15, -0.1) is 11.3 Å². The van der Waals surface area contributed by atoms with E-state index in [1.54, 1.807) is 22.2 Å². The van der Waals surface area contributed by atoms with Gasteiger partial charge in [0.1, 0.15) is 0 Å². The number of rotatable bonds is 3. The van der Waals surface area contributed by atoms with Crippen LogP contribution in [0.25, 0.3) is 0 Å². The minimum Gasteiger partial charge on any atom is -0.309 e. The molecule has 5 nitrogen and oxygen atoms in total. The molecule has 116 valence electrons. The van der Waals surface area contributed by atoms with Crippen molar-refractivity contribution in [1.82, 2.24) is 14.7 Å². The Bertz CT molecular complexity index is 666. The molecule has 2 atom stereocenters. The summed E-state index contributed by atoms with van der Waals surface area (Å²) in [7, 11) is 1.89. The molecule has 0 saturated carbocycles. The molecule has 22 heavy (non-hydrogen) atoms. The number of anilines is 1. The number of piperidine rings is 1. The van der Waals surface area contributed by atoms with Crippen LogP contribution in [0, 0.1) is 11.8 Å². The topological polar surface area (TPSA) is 41.4 Å². The van der Waals surface area contributed by atoms with E-state index in [-0.39, 0.29) is 11.8 Å². The van der Waals surface area contributed by atoms with Crippen molar-refractivity contribution in [3.63, 3.8) is 0 Å². The summed E-state index contributed by atoms with van der Waals surface area (Å²) >= 11 is 1.80. The highest BCUT2D eigenvalue weighted by Gasteiger charge is 2.43. The predicted octanol–water partition coefficient (Wildman–Crippen LogP) is 1.97. The number of carbonyl (C=O) groups is 1. The molecule has 0 bridgehead atoms. The van der Waals surface area contributed by atoms with Gasteiger partial charge < -0.3 is 4.90 Å². The zero-order chi connectivity index (χ0) is 15.1. The standard InChI is InChI=1S/C16H20N4OS/c1-18-9-13(7-17-18)20-5-4-12-8-19(11-15(12)16(20)21)10-14-3-2-6-22-14/h2-3,6-7,9,12,15H,4-5,8,10-11H2,1H3/t12-,15-/m0/s1. The van der Waals surface area contributed by atoms with Gasteiger partial charge in [-0.1, -0.05) is 6.07 Å². The van der Waals surface area contributed by atoms with Crippen LogP contribution in [0.15, 0.2) is 29.9 Å². The number of likely N-dealkylation sites (tertiary alicyclic amines) is 1. The van der Waals surface area contributed by atoms with Gasteiger partial charge in [0.25, 0.3) is 0 Å². The first-order valence-corrected chi connectivity index (χ1v) is 8.63. The van der Waals surface area contributed by atoms with E-state index >= 15 is 0 Å². The Morgan fingerprint density at radius 1 is 1.41 bits per heavy atom. The number of hydrogen-bond acceptors (Lipinski definition) is 4. The Labute approximate surface area is 134 Å². The Kier molecular flexibility index (Phi) is 3.50. The third-order valence-electron chi connectivity index (χ3n) is 4.79. The first-order valence-electron chi connectivity index (χ1n) is 7.75. The van der Waals surface area contributed by atoms with Crippen molar-refractivity contribution < 1.29 is 4.79 Å². The summed E-state index contributed by atoms with van der Waals surface area (Å²) in [5, 5.41) is 6.31. The van der Waals surface area contributed by atoms with Gasteiger partial charge in [-0.25, -0.2) is 0 Å². The molecule has 0 unspecified atom stereocenters. The van der Waals surface area contributed by atoms with Crippen molar-refractivity contribution in [2.75, 3.05) is 24.5 Å². The highest BCUT2D eigenvalue weighted by atomic mass is 32.1. The number of nitrogens with zero attached hydrogens (tertiary/aromatic N) is 4. The highest BCUT2D eigenvalue weighted by Crippen LogP contribution is 2.35. The molecule has 2 fully saturated rings. The summed E-state index contributed by atoms with van der Waals surface area (Å²) in [6.07, 6.45) is 4.80. The fraction of sp³-hybridized carbons (Fsp3) is 0.500. The number of fused-ring (bicyclic) bond motifs is 1. The Morgan fingerprint density at radius 2 is 2.32 bits per heavy atom. The van der Waals surface area contributed by atoms with Gasteiger partial charge in [-0.05, 0) is 23.8 Å². The fourth-order valence-corrected chi connectivity index (χ4v) is 4.44. The van der Waals surface area contributed by atoms with Crippen molar-refractivity contribution >= 4 is 22.9 Å². The van der Waals surface area contributed by atoms with Crippen molar-refractivity contribution in [2.24, 2.45) is 18.9 Å².